The predicted molar refractivity (Wildman–Crippen MR) is 134 cm³/mol. The maximum absolute atomic E-state index is 12.3. The number of hydrogen-bond donors (Lipinski definition) is 2. The van der Waals surface area contributed by atoms with Crippen LogP contribution in [0.3, 0.4) is 0 Å². The van der Waals surface area contributed by atoms with Crippen LogP contribution >= 0.6 is 11.3 Å². The van der Waals surface area contributed by atoms with Crippen molar-refractivity contribution in [2.75, 3.05) is 12.4 Å². The molecule has 1 aromatic heterocycles. The zero-order chi connectivity index (χ0) is 25.3. The van der Waals surface area contributed by atoms with E-state index in [0.717, 1.165) is 16.9 Å². The summed E-state index contributed by atoms with van der Waals surface area (Å²) in [5.41, 5.74) is 3.92. The Morgan fingerprint density at radius 2 is 1.61 bits per heavy atom. The fraction of sp³-hybridized carbons (Fsp3) is 0.0400. The van der Waals surface area contributed by atoms with Crippen LogP contribution in [-0.2, 0) is 9.59 Å². The molecule has 4 aromatic rings. The van der Waals surface area contributed by atoms with Crippen molar-refractivity contribution in [1.82, 2.24) is 15.6 Å². The summed E-state index contributed by atoms with van der Waals surface area (Å²) in [4.78, 5) is 36.5. The molecule has 0 saturated heterocycles. The van der Waals surface area contributed by atoms with Gasteiger partial charge < -0.3 is 9.47 Å². The second-order valence-corrected chi connectivity index (χ2v) is 8.08. The molecular weight excluding hydrogens is 482 g/mol. The van der Waals surface area contributed by atoms with Crippen LogP contribution in [0.4, 0.5) is 5.13 Å². The number of benzene rings is 3. The first-order valence-corrected chi connectivity index (χ1v) is 11.3. The minimum atomic E-state index is -0.983. The largest absolute Gasteiger partial charge is 0.493 e. The van der Waals surface area contributed by atoms with Crippen LogP contribution in [0.5, 0.6) is 11.5 Å². The highest BCUT2D eigenvalue weighted by Crippen LogP contribution is 2.28. The molecule has 0 aliphatic carbocycles. The van der Waals surface area contributed by atoms with Crippen molar-refractivity contribution in [3.63, 3.8) is 0 Å². The van der Waals surface area contributed by atoms with E-state index in [9.17, 15) is 14.4 Å². The number of amides is 2. The molecular formula is C25H19N5O5S. The van der Waals surface area contributed by atoms with E-state index >= 15 is 0 Å². The van der Waals surface area contributed by atoms with Crippen molar-refractivity contribution in [3.05, 3.63) is 90.0 Å². The summed E-state index contributed by atoms with van der Waals surface area (Å²) in [5, 5.41) is 14.9. The van der Waals surface area contributed by atoms with Crippen LogP contribution in [0.15, 0.2) is 84.0 Å². The molecule has 4 rings (SSSR count). The maximum Gasteiger partial charge on any atom is 0.343 e. The van der Waals surface area contributed by atoms with Gasteiger partial charge in [-0.15, -0.1) is 10.2 Å². The van der Waals surface area contributed by atoms with Gasteiger partial charge in [0, 0.05) is 5.56 Å². The molecule has 0 fully saturated rings. The topological polar surface area (TPSA) is 132 Å². The smallest absolute Gasteiger partial charge is 0.343 e. The molecule has 0 unspecified atom stereocenters. The van der Waals surface area contributed by atoms with Crippen LogP contribution in [0.1, 0.15) is 15.9 Å². The summed E-state index contributed by atoms with van der Waals surface area (Å²) in [6, 6.07) is 22.6. The Bertz CT molecular complexity index is 1410. The Balaban J connectivity index is 1.33. The van der Waals surface area contributed by atoms with Gasteiger partial charge >= 0.3 is 17.8 Å². The molecule has 180 valence electrons. The third-order valence-corrected chi connectivity index (χ3v) is 5.54. The summed E-state index contributed by atoms with van der Waals surface area (Å²) in [6.45, 7) is 0. The number of carbonyl (C=O) groups excluding carboxylic acids is 3. The second-order valence-electron chi connectivity index (χ2n) is 7.10. The van der Waals surface area contributed by atoms with Gasteiger partial charge in [0.25, 0.3) is 0 Å². The number of nitrogens with zero attached hydrogens (tertiary/aromatic N) is 3. The van der Waals surface area contributed by atoms with Gasteiger partial charge in [-0.3, -0.25) is 14.9 Å². The number of hydrazone groups is 1. The maximum atomic E-state index is 12.3. The van der Waals surface area contributed by atoms with E-state index in [2.05, 4.69) is 26.0 Å². The molecule has 2 N–H and O–H groups in total. The van der Waals surface area contributed by atoms with Crippen LogP contribution < -0.4 is 20.2 Å². The molecule has 0 aliphatic rings. The molecule has 0 saturated carbocycles. The number of carbonyl (C=O) groups is 3. The van der Waals surface area contributed by atoms with E-state index in [1.54, 1.807) is 42.5 Å². The lowest BCUT2D eigenvalue weighted by Gasteiger charge is -2.10. The standard InChI is InChI=1S/C25H19N5O5S/c1-34-20-14-16(12-13-19(20)35-24(33)18-10-6-3-7-11-18)15-26-28-22(32)21(31)27-25-30-29-23(36-25)17-8-4-2-5-9-17/h2-15H,1H3,(H,28,32)(H,27,30,31). The average molecular weight is 502 g/mol. The van der Waals surface area contributed by atoms with Crippen LogP contribution in [0.25, 0.3) is 10.6 Å². The van der Waals surface area contributed by atoms with Crippen LogP contribution in [0, 0.1) is 0 Å². The Morgan fingerprint density at radius 3 is 2.33 bits per heavy atom. The molecule has 1 heterocycles. The quantitative estimate of drug-likeness (QED) is 0.130. The van der Waals surface area contributed by atoms with Crippen molar-refractivity contribution in [1.29, 1.82) is 0 Å². The highest BCUT2D eigenvalue weighted by atomic mass is 32.1. The van der Waals surface area contributed by atoms with E-state index in [1.165, 1.54) is 19.4 Å². The molecule has 10 nitrogen and oxygen atoms in total. The lowest BCUT2D eigenvalue weighted by molar-refractivity contribution is -0.136. The normalized spacial score (nSPS) is 10.6. The van der Waals surface area contributed by atoms with E-state index < -0.39 is 17.8 Å². The van der Waals surface area contributed by atoms with Crippen molar-refractivity contribution in [2.24, 2.45) is 5.10 Å². The monoisotopic (exact) mass is 501 g/mol. The van der Waals surface area contributed by atoms with Crippen LogP contribution in [-0.4, -0.2) is 41.3 Å². The summed E-state index contributed by atoms with van der Waals surface area (Å²) in [7, 11) is 1.43. The zero-order valence-corrected chi connectivity index (χ0v) is 19.7. The predicted octanol–water partition coefficient (Wildman–Crippen LogP) is 3.52. The van der Waals surface area contributed by atoms with E-state index in [4.69, 9.17) is 9.47 Å². The third-order valence-electron chi connectivity index (χ3n) is 4.65. The molecule has 0 aliphatic heterocycles. The van der Waals surface area contributed by atoms with Gasteiger partial charge in [0.1, 0.15) is 5.01 Å². The molecule has 3 aromatic carbocycles. The number of hydrogen-bond acceptors (Lipinski definition) is 9. The molecule has 0 bridgehead atoms. The van der Waals surface area contributed by atoms with Gasteiger partial charge in [-0.25, -0.2) is 10.2 Å². The SMILES string of the molecule is COc1cc(C=NNC(=O)C(=O)Nc2nnc(-c3ccccc3)s2)ccc1OC(=O)c1ccccc1. The number of ether oxygens (including phenoxy) is 2. The first-order chi connectivity index (χ1) is 17.5. The fourth-order valence-corrected chi connectivity index (χ4v) is 3.67. The number of methoxy groups -OCH3 is 1. The first kappa shape index (κ1) is 24.2. The molecule has 2 amide bonds. The number of esters is 1. The van der Waals surface area contributed by atoms with Crippen LogP contribution in [0.2, 0.25) is 0 Å². The minimum absolute atomic E-state index is 0.184. The number of aromatic nitrogens is 2. The molecule has 0 radical (unpaired) electrons. The highest BCUT2D eigenvalue weighted by Gasteiger charge is 2.16. The second kappa shape index (κ2) is 11.5. The summed E-state index contributed by atoms with van der Waals surface area (Å²) < 4.78 is 10.7. The summed E-state index contributed by atoms with van der Waals surface area (Å²) in [5.74, 6) is -1.94. The Labute approximate surface area is 209 Å². The Morgan fingerprint density at radius 1 is 0.889 bits per heavy atom. The zero-order valence-electron chi connectivity index (χ0n) is 18.9. The summed E-state index contributed by atoms with van der Waals surface area (Å²) >= 11 is 1.14. The van der Waals surface area contributed by atoms with Gasteiger partial charge in [-0.1, -0.05) is 59.9 Å². The van der Waals surface area contributed by atoms with Gasteiger partial charge in [-0.05, 0) is 35.9 Å². The number of nitrogens with one attached hydrogen (secondary N) is 2. The molecule has 36 heavy (non-hydrogen) atoms. The van der Waals surface area contributed by atoms with Crippen molar-refractivity contribution in [2.45, 2.75) is 0 Å². The molecule has 0 atom stereocenters. The van der Waals surface area contributed by atoms with Gasteiger partial charge in [0.15, 0.2) is 11.5 Å². The van der Waals surface area contributed by atoms with Crippen molar-refractivity contribution >= 4 is 40.5 Å². The number of rotatable bonds is 7. The van der Waals surface area contributed by atoms with Gasteiger partial charge in [0.2, 0.25) is 5.13 Å². The Hall–Kier alpha value is -4.90. The Kier molecular flexibility index (Phi) is 7.73. The minimum Gasteiger partial charge on any atom is -0.493 e. The average Bonchev–Trinajstić information content (AvgIpc) is 3.38. The van der Waals surface area contributed by atoms with Gasteiger partial charge in [0.05, 0.1) is 18.9 Å². The van der Waals surface area contributed by atoms with Gasteiger partial charge in [-0.2, -0.15) is 5.10 Å². The van der Waals surface area contributed by atoms with Crippen molar-refractivity contribution < 1.29 is 23.9 Å². The van der Waals surface area contributed by atoms with E-state index in [0.29, 0.717) is 16.1 Å². The lowest BCUT2D eigenvalue weighted by atomic mass is 10.2. The number of anilines is 1. The molecule has 0 spiro atoms. The molecule has 11 heteroatoms. The summed E-state index contributed by atoms with van der Waals surface area (Å²) in [6.07, 6.45) is 1.31. The van der Waals surface area contributed by atoms with E-state index in [1.807, 2.05) is 30.3 Å². The lowest BCUT2D eigenvalue weighted by Crippen LogP contribution is -2.32. The fourth-order valence-electron chi connectivity index (χ4n) is 2.92. The highest BCUT2D eigenvalue weighted by molar-refractivity contribution is 7.18. The van der Waals surface area contributed by atoms with Crippen molar-refractivity contribution in [3.8, 4) is 22.1 Å². The van der Waals surface area contributed by atoms with E-state index in [-0.39, 0.29) is 16.6 Å². The first-order valence-electron chi connectivity index (χ1n) is 10.5. The third kappa shape index (κ3) is 6.15.